The maximum Gasteiger partial charge on any atom is 0.318 e. The molecule has 7 rings (SSSR count). The number of β-amino-alcohol motifs (C(OH)–C–C–N with tert-alkyl or cyclic N) is 1. The normalized spacial score (nSPS) is 20.3. The zero-order valence-corrected chi connectivity index (χ0v) is 22.6. The highest BCUT2D eigenvalue weighted by molar-refractivity contribution is 7.22. The summed E-state index contributed by atoms with van der Waals surface area (Å²) >= 11 is 0.970. The molecule has 3 N–H and O–H groups in total. The van der Waals surface area contributed by atoms with E-state index >= 15 is 4.39 Å². The minimum Gasteiger partial charge on any atom is -0.475 e. The number of hydrogen-bond donors (Lipinski definition) is 2. The summed E-state index contributed by atoms with van der Waals surface area (Å²) in [7, 11) is 1.37. The fraction of sp³-hybridized carbons (Fsp3) is 0.462. The quantitative estimate of drug-likeness (QED) is 0.374. The number of fused-ring (bicyclic) bond motifs is 2. The lowest BCUT2D eigenvalue weighted by Gasteiger charge is -2.21. The fourth-order valence-corrected chi connectivity index (χ4v) is 6.38. The summed E-state index contributed by atoms with van der Waals surface area (Å²) in [5.41, 5.74) is 6.07. The number of thiazole rings is 1. The number of aliphatic hydroxyl groups is 1. The van der Waals surface area contributed by atoms with Crippen LogP contribution < -0.4 is 20.1 Å². The van der Waals surface area contributed by atoms with Crippen LogP contribution in [-0.4, -0.2) is 88.7 Å². The Balaban J connectivity index is 0.000000271. The predicted molar refractivity (Wildman–Crippen MR) is 146 cm³/mol. The van der Waals surface area contributed by atoms with E-state index in [0.717, 1.165) is 24.3 Å². The molecule has 2 saturated heterocycles. The molecule has 2 fully saturated rings. The molecule has 14 heteroatoms. The van der Waals surface area contributed by atoms with Gasteiger partial charge in [0.2, 0.25) is 5.88 Å². The number of rotatable bonds is 4. The molecule has 6 heterocycles. The van der Waals surface area contributed by atoms with E-state index in [1.807, 2.05) is 0 Å². The van der Waals surface area contributed by atoms with Crippen molar-refractivity contribution in [2.45, 2.75) is 31.5 Å². The van der Waals surface area contributed by atoms with Gasteiger partial charge in [0.25, 0.3) is 0 Å². The summed E-state index contributed by atoms with van der Waals surface area (Å²) in [6.07, 6.45) is 2.81. The average Bonchev–Trinajstić information content (AvgIpc) is 3.61. The average molecular weight is 576 g/mol. The molecule has 40 heavy (non-hydrogen) atoms. The number of halogens is 3. The summed E-state index contributed by atoms with van der Waals surface area (Å²) in [5, 5.41) is 9.84. The molecule has 10 nitrogen and oxygen atoms in total. The summed E-state index contributed by atoms with van der Waals surface area (Å²) in [5.74, 6) is -0.780. The molecule has 1 aromatic carbocycles. The number of anilines is 2. The van der Waals surface area contributed by atoms with Gasteiger partial charge >= 0.3 is 6.01 Å². The Kier molecular flexibility index (Phi) is 7.23. The number of pyridine rings is 1. The largest absolute Gasteiger partial charge is 0.475 e. The lowest BCUT2D eigenvalue weighted by Crippen LogP contribution is -2.30. The Labute approximate surface area is 231 Å². The van der Waals surface area contributed by atoms with Crippen molar-refractivity contribution in [2.75, 3.05) is 57.1 Å². The number of benzene rings is 1. The Hall–Kier alpha value is -3.49. The van der Waals surface area contributed by atoms with Gasteiger partial charge in [-0.3, -0.25) is 4.90 Å². The topological polar surface area (TPSA) is 123 Å². The number of aliphatic hydroxyl groups excluding tert-OH is 1. The van der Waals surface area contributed by atoms with Gasteiger partial charge in [-0.25, -0.2) is 23.1 Å². The number of methoxy groups -OCH3 is 1. The van der Waals surface area contributed by atoms with E-state index in [0.29, 0.717) is 24.9 Å². The molecule has 0 aliphatic carbocycles. The van der Waals surface area contributed by atoms with Gasteiger partial charge in [-0.2, -0.15) is 9.97 Å². The number of alkyl halides is 1. The molecule has 0 spiro atoms. The van der Waals surface area contributed by atoms with E-state index in [1.54, 1.807) is 4.90 Å². The lowest BCUT2D eigenvalue weighted by atomic mass is 10.1. The number of aromatic nitrogens is 4. The highest BCUT2D eigenvalue weighted by Crippen LogP contribution is 2.41. The number of hydrogen-bond acceptors (Lipinski definition) is 11. The van der Waals surface area contributed by atoms with Gasteiger partial charge in [0, 0.05) is 24.7 Å². The molecule has 212 valence electrons. The predicted octanol–water partition coefficient (Wildman–Crippen LogP) is 3.55. The molecule has 0 radical (unpaired) electrons. The maximum absolute atomic E-state index is 15.8. The first-order valence-corrected chi connectivity index (χ1v) is 13.9. The third-order valence-corrected chi connectivity index (χ3v) is 8.28. The van der Waals surface area contributed by atoms with Crippen LogP contribution in [0.1, 0.15) is 19.3 Å². The number of nitrogens with two attached hydrogens (primary N) is 1. The Bertz CT molecular complexity index is 1560. The van der Waals surface area contributed by atoms with Crippen molar-refractivity contribution in [1.29, 1.82) is 0 Å². The Morgan fingerprint density at radius 3 is 2.80 bits per heavy atom. The van der Waals surface area contributed by atoms with Gasteiger partial charge in [-0.1, -0.05) is 11.3 Å². The van der Waals surface area contributed by atoms with Gasteiger partial charge in [-0.15, -0.1) is 0 Å². The van der Waals surface area contributed by atoms with Crippen molar-refractivity contribution < 1.29 is 27.8 Å². The Morgan fingerprint density at radius 1 is 1.18 bits per heavy atom. The van der Waals surface area contributed by atoms with Crippen LogP contribution in [0.2, 0.25) is 0 Å². The van der Waals surface area contributed by atoms with E-state index in [4.69, 9.17) is 15.2 Å². The van der Waals surface area contributed by atoms with Crippen LogP contribution in [0.15, 0.2) is 12.1 Å². The summed E-state index contributed by atoms with van der Waals surface area (Å²) in [6.45, 7) is 2.62. The minimum atomic E-state index is -0.755. The number of nitrogens with zero attached hydrogens (tertiary/aromatic N) is 6. The van der Waals surface area contributed by atoms with Crippen LogP contribution in [-0.2, 0) is 0 Å². The third kappa shape index (κ3) is 4.73. The molecule has 2 atom stereocenters. The zero-order chi connectivity index (χ0) is 28.0. The lowest BCUT2D eigenvalue weighted by molar-refractivity contribution is 0.290. The van der Waals surface area contributed by atoms with Gasteiger partial charge in [0.15, 0.2) is 10.9 Å². The first kappa shape index (κ1) is 26.7. The van der Waals surface area contributed by atoms with Gasteiger partial charge in [0.05, 0.1) is 30.5 Å². The first-order chi connectivity index (χ1) is 19.4. The molecule has 4 aromatic rings. The van der Waals surface area contributed by atoms with Crippen molar-refractivity contribution in [3.8, 4) is 23.1 Å². The zero-order valence-electron chi connectivity index (χ0n) is 21.7. The first-order valence-electron chi connectivity index (χ1n) is 13.0. The molecule has 0 amide bonds. The van der Waals surface area contributed by atoms with Gasteiger partial charge in [-0.05, 0) is 37.9 Å². The van der Waals surface area contributed by atoms with E-state index in [1.165, 1.54) is 32.1 Å². The summed E-state index contributed by atoms with van der Waals surface area (Å²) < 4.78 is 53.8. The SMILES string of the molecule is COc1nc2c3c(nc(-c4ccc(F)c5sc(N)nc45)c(F)c3n1)OCCN2CCO.FC1CC2CCCN2C1. The maximum atomic E-state index is 15.8. The second-order valence-corrected chi connectivity index (χ2v) is 10.9. The second kappa shape index (κ2) is 10.8. The van der Waals surface area contributed by atoms with Crippen molar-refractivity contribution in [3.05, 3.63) is 23.8 Å². The summed E-state index contributed by atoms with van der Waals surface area (Å²) in [6, 6.07) is 3.18. The highest BCUT2D eigenvalue weighted by Gasteiger charge is 2.34. The molecule has 0 saturated carbocycles. The standard InChI is InChI=1S/C19H16F2N6O3S.C7H12FN/c1-29-19-25-14-10-16(26-19)27(4-6-28)5-7-30-17(10)23-12(11(14)21)8-2-3-9(20)15-13(8)24-18(22)31-15;8-6-4-7-2-1-3-9(7)5-6/h2-3,28H,4-7H2,1H3,(H2,22,24);6-7H,1-5H2. The van der Waals surface area contributed by atoms with Gasteiger partial charge < -0.3 is 25.2 Å². The van der Waals surface area contributed by atoms with E-state index in [2.05, 4.69) is 24.8 Å². The van der Waals surface area contributed by atoms with Gasteiger partial charge in [0.1, 0.15) is 41.0 Å². The van der Waals surface area contributed by atoms with Crippen LogP contribution in [0.25, 0.3) is 32.4 Å². The fourth-order valence-electron chi connectivity index (χ4n) is 5.61. The number of nitrogen functional groups attached to an aromatic ring is 1. The van der Waals surface area contributed by atoms with Crippen molar-refractivity contribution in [3.63, 3.8) is 0 Å². The molecule has 3 aliphatic heterocycles. The second-order valence-electron chi connectivity index (χ2n) is 9.84. The van der Waals surface area contributed by atoms with Crippen LogP contribution in [0.4, 0.5) is 24.1 Å². The third-order valence-electron chi connectivity index (χ3n) is 7.39. The highest BCUT2D eigenvalue weighted by atomic mass is 32.1. The van der Waals surface area contributed by atoms with Crippen LogP contribution in [0, 0.1) is 11.6 Å². The van der Waals surface area contributed by atoms with Crippen LogP contribution in [0.5, 0.6) is 11.9 Å². The Morgan fingerprint density at radius 2 is 2.02 bits per heavy atom. The minimum absolute atomic E-state index is 0.0449. The van der Waals surface area contributed by atoms with E-state index in [9.17, 15) is 13.9 Å². The van der Waals surface area contributed by atoms with Crippen LogP contribution in [0.3, 0.4) is 0 Å². The van der Waals surface area contributed by atoms with Crippen molar-refractivity contribution in [1.82, 2.24) is 24.8 Å². The van der Waals surface area contributed by atoms with Crippen molar-refractivity contribution >= 4 is 43.4 Å². The molecular weight excluding hydrogens is 547 g/mol. The smallest absolute Gasteiger partial charge is 0.318 e. The monoisotopic (exact) mass is 575 g/mol. The molecular formula is C26H28F3N7O3S. The van der Waals surface area contributed by atoms with Crippen LogP contribution >= 0.6 is 11.3 Å². The van der Waals surface area contributed by atoms with E-state index in [-0.39, 0.29) is 69.2 Å². The molecule has 3 aromatic heterocycles. The van der Waals surface area contributed by atoms with E-state index < -0.39 is 17.8 Å². The van der Waals surface area contributed by atoms with Crippen molar-refractivity contribution in [2.24, 2.45) is 0 Å². The number of ether oxygens (including phenoxy) is 2. The molecule has 3 aliphatic rings. The molecule has 0 bridgehead atoms. The summed E-state index contributed by atoms with van der Waals surface area (Å²) in [4.78, 5) is 21.1. The molecule has 2 unspecified atom stereocenters.